The van der Waals surface area contributed by atoms with Crippen LogP contribution in [0.2, 0.25) is 0 Å². The summed E-state index contributed by atoms with van der Waals surface area (Å²) in [5, 5.41) is 5.65. The molecule has 2 amide bonds. The first-order valence-corrected chi connectivity index (χ1v) is 7.21. The lowest BCUT2D eigenvalue weighted by molar-refractivity contribution is 0.0705. The third-order valence-corrected chi connectivity index (χ3v) is 4.78. The molecule has 0 spiro atoms. The molecule has 3 fully saturated rings. The Morgan fingerprint density at radius 3 is 2.50 bits per heavy atom. The third-order valence-electron chi connectivity index (χ3n) is 4.78. The summed E-state index contributed by atoms with van der Waals surface area (Å²) in [4.78, 5) is 30.8. The Morgan fingerprint density at radius 2 is 1.90 bits per heavy atom. The maximum absolute atomic E-state index is 12.4. The van der Waals surface area contributed by atoms with Crippen LogP contribution in [0.15, 0.2) is 6.33 Å². The molecule has 0 unspecified atom stereocenters. The normalized spacial score (nSPS) is 28.1. The maximum Gasteiger partial charge on any atom is 0.272 e. The van der Waals surface area contributed by atoms with Gasteiger partial charge >= 0.3 is 0 Å². The predicted octanol–water partition coefficient (Wildman–Crippen LogP) is 1.22. The topological polar surface area (TPSA) is 86.9 Å². The summed E-state index contributed by atoms with van der Waals surface area (Å²) in [6.07, 6.45) is 8.11. The summed E-state index contributed by atoms with van der Waals surface area (Å²) in [5.74, 6) is 0.281. The Kier molecular flexibility index (Phi) is 3.23. The number of aromatic amines is 1. The molecule has 0 radical (unpaired) electrons. The Balaban J connectivity index is 1.76. The van der Waals surface area contributed by atoms with Gasteiger partial charge < -0.3 is 15.6 Å². The lowest BCUT2D eigenvalue weighted by Crippen LogP contribution is -2.54. The monoisotopic (exact) mass is 276 g/mol. The number of aromatic nitrogens is 2. The Morgan fingerprint density at radius 1 is 1.25 bits per heavy atom. The fourth-order valence-corrected chi connectivity index (χ4v) is 3.50. The van der Waals surface area contributed by atoms with Crippen LogP contribution in [0.5, 0.6) is 0 Å². The Bertz CT molecular complexity index is 515. The van der Waals surface area contributed by atoms with Crippen molar-refractivity contribution in [3.63, 3.8) is 0 Å². The van der Waals surface area contributed by atoms with E-state index in [1.54, 1.807) is 0 Å². The van der Waals surface area contributed by atoms with Crippen molar-refractivity contribution in [2.75, 3.05) is 7.05 Å². The molecule has 1 aromatic rings. The molecule has 1 aromatic heterocycles. The minimum absolute atomic E-state index is 0.0786. The minimum Gasteiger partial charge on any atom is -0.354 e. The fraction of sp³-hybridized carbons (Fsp3) is 0.643. The van der Waals surface area contributed by atoms with Gasteiger partial charge in [0.25, 0.3) is 11.8 Å². The van der Waals surface area contributed by atoms with Crippen LogP contribution in [-0.4, -0.2) is 34.4 Å². The second kappa shape index (κ2) is 4.92. The average molecular weight is 276 g/mol. The fourth-order valence-electron chi connectivity index (χ4n) is 3.50. The molecule has 0 saturated heterocycles. The molecule has 0 aliphatic heterocycles. The molecule has 4 rings (SSSR count). The van der Waals surface area contributed by atoms with Gasteiger partial charge in [-0.25, -0.2) is 4.98 Å². The molecule has 0 aromatic carbocycles. The van der Waals surface area contributed by atoms with Crippen molar-refractivity contribution in [2.45, 2.75) is 44.1 Å². The second-order valence-corrected chi connectivity index (χ2v) is 5.92. The van der Waals surface area contributed by atoms with Gasteiger partial charge in [0.05, 0.1) is 6.33 Å². The highest BCUT2D eigenvalue weighted by atomic mass is 16.2. The molecular formula is C14H20N4O2. The number of rotatable bonds is 3. The molecule has 108 valence electrons. The van der Waals surface area contributed by atoms with Crippen LogP contribution >= 0.6 is 0 Å². The Hall–Kier alpha value is -1.85. The van der Waals surface area contributed by atoms with E-state index >= 15 is 0 Å². The average Bonchev–Trinajstić information content (AvgIpc) is 2.97. The molecule has 1 heterocycles. The van der Waals surface area contributed by atoms with Crippen molar-refractivity contribution in [1.29, 1.82) is 0 Å². The molecule has 3 aliphatic rings. The van der Waals surface area contributed by atoms with Crippen molar-refractivity contribution < 1.29 is 9.59 Å². The SMILES string of the molecule is CNC(=O)c1[nH]cnc1C(=O)NC12CCC(CC1)CC2. The third kappa shape index (κ3) is 2.19. The Labute approximate surface area is 117 Å². The van der Waals surface area contributed by atoms with Crippen LogP contribution in [0.3, 0.4) is 0 Å². The lowest BCUT2D eigenvalue weighted by Gasteiger charge is -2.46. The molecule has 0 atom stereocenters. The van der Waals surface area contributed by atoms with Gasteiger partial charge in [0.2, 0.25) is 0 Å². The highest BCUT2D eigenvalue weighted by Crippen LogP contribution is 2.44. The van der Waals surface area contributed by atoms with Crippen LogP contribution in [0.25, 0.3) is 0 Å². The number of nitrogens with one attached hydrogen (secondary N) is 3. The van der Waals surface area contributed by atoms with Gasteiger partial charge in [0, 0.05) is 12.6 Å². The zero-order valence-corrected chi connectivity index (χ0v) is 11.7. The first-order chi connectivity index (χ1) is 9.63. The summed E-state index contributed by atoms with van der Waals surface area (Å²) >= 11 is 0. The van der Waals surface area contributed by atoms with E-state index in [-0.39, 0.29) is 28.7 Å². The molecule has 6 heteroatoms. The molecular weight excluding hydrogens is 256 g/mol. The minimum atomic E-state index is -0.322. The van der Waals surface area contributed by atoms with E-state index in [0.29, 0.717) is 0 Å². The predicted molar refractivity (Wildman–Crippen MR) is 73.4 cm³/mol. The van der Waals surface area contributed by atoms with Gasteiger partial charge in [-0.1, -0.05) is 0 Å². The van der Waals surface area contributed by atoms with E-state index in [4.69, 9.17) is 0 Å². The molecule has 3 N–H and O–H groups in total. The molecule has 6 nitrogen and oxygen atoms in total. The van der Waals surface area contributed by atoms with Gasteiger partial charge in [0.15, 0.2) is 5.69 Å². The van der Waals surface area contributed by atoms with E-state index < -0.39 is 0 Å². The van der Waals surface area contributed by atoms with Crippen LogP contribution in [0.1, 0.15) is 59.5 Å². The van der Waals surface area contributed by atoms with Gasteiger partial charge in [-0.2, -0.15) is 0 Å². The van der Waals surface area contributed by atoms with E-state index in [9.17, 15) is 9.59 Å². The quantitative estimate of drug-likeness (QED) is 0.775. The summed E-state index contributed by atoms with van der Waals surface area (Å²) in [6, 6.07) is 0. The highest BCUT2D eigenvalue weighted by molar-refractivity contribution is 6.04. The number of nitrogens with zero attached hydrogens (tertiary/aromatic N) is 1. The maximum atomic E-state index is 12.4. The largest absolute Gasteiger partial charge is 0.354 e. The first-order valence-electron chi connectivity index (χ1n) is 7.21. The zero-order chi connectivity index (χ0) is 14.2. The number of imidazole rings is 1. The van der Waals surface area contributed by atoms with Crippen LogP contribution in [0, 0.1) is 5.92 Å². The number of carbonyl (C=O) groups excluding carboxylic acids is 2. The number of H-pyrrole nitrogens is 1. The number of amides is 2. The van der Waals surface area contributed by atoms with Crippen LogP contribution in [-0.2, 0) is 0 Å². The van der Waals surface area contributed by atoms with E-state index in [1.165, 1.54) is 32.6 Å². The summed E-state index contributed by atoms with van der Waals surface area (Å²) in [6.45, 7) is 0. The van der Waals surface area contributed by atoms with Gasteiger partial charge in [-0.05, 0) is 44.4 Å². The lowest BCUT2D eigenvalue weighted by atomic mass is 9.66. The number of hydrogen-bond acceptors (Lipinski definition) is 3. The summed E-state index contributed by atoms with van der Waals surface area (Å²) in [7, 11) is 1.53. The highest BCUT2D eigenvalue weighted by Gasteiger charge is 2.41. The molecule has 3 aliphatic carbocycles. The molecule has 2 bridgehead atoms. The second-order valence-electron chi connectivity index (χ2n) is 5.92. The molecule has 20 heavy (non-hydrogen) atoms. The zero-order valence-electron chi connectivity index (χ0n) is 11.7. The van der Waals surface area contributed by atoms with E-state index in [2.05, 4.69) is 20.6 Å². The summed E-state index contributed by atoms with van der Waals surface area (Å²) in [5.41, 5.74) is 0.336. The smallest absolute Gasteiger partial charge is 0.272 e. The van der Waals surface area contributed by atoms with E-state index in [1.807, 2.05) is 0 Å². The van der Waals surface area contributed by atoms with Crippen molar-refractivity contribution in [2.24, 2.45) is 5.92 Å². The van der Waals surface area contributed by atoms with Crippen molar-refractivity contribution in [3.8, 4) is 0 Å². The standard InChI is InChI=1S/C14H20N4O2/c1-15-12(19)10-11(17-8-16-10)13(20)18-14-5-2-9(3-6-14)4-7-14/h8-9H,2-7H2,1H3,(H,15,19)(H,16,17)(H,18,20). The van der Waals surface area contributed by atoms with Gasteiger partial charge in [-0.3, -0.25) is 9.59 Å². The van der Waals surface area contributed by atoms with E-state index in [0.717, 1.165) is 25.2 Å². The number of hydrogen-bond donors (Lipinski definition) is 3. The van der Waals surface area contributed by atoms with Crippen molar-refractivity contribution >= 4 is 11.8 Å². The number of carbonyl (C=O) groups is 2. The van der Waals surface area contributed by atoms with Gasteiger partial charge in [-0.15, -0.1) is 0 Å². The van der Waals surface area contributed by atoms with Crippen molar-refractivity contribution in [1.82, 2.24) is 20.6 Å². The van der Waals surface area contributed by atoms with Crippen LogP contribution < -0.4 is 10.6 Å². The van der Waals surface area contributed by atoms with Crippen molar-refractivity contribution in [3.05, 3.63) is 17.7 Å². The summed E-state index contributed by atoms with van der Waals surface area (Å²) < 4.78 is 0. The molecule has 3 saturated carbocycles. The number of fused-ring (bicyclic) bond motifs is 3. The van der Waals surface area contributed by atoms with Gasteiger partial charge in [0.1, 0.15) is 5.69 Å². The van der Waals surface area contributed by atoms with Crippen LogP contribution in [0.4, 0.5) is 0 Å². The first kappa shape index (κ1) is 13.1.